The first kappa shape index (κ1) is 48.9. The van der Waals surface area contributed by atoms with Gasteiger partial charge in [-0.1, -0.05) is 24.0 Å². The Labute approximate surface area is 416 Å². The fourth-order valence-corrected chi connectivity index (χ4v) is 7.56. The molecule has 0 saturated heterocycles. The molecule has 10 rings (SSSR count). The van der Waals surface area contributed by atoms with Crippen molar-refractivity contribution in [3.63, 3.8) is 0 Å². The van der Waals surface area contributed by atoms with Gasteiger partial charge in [0.25, 0.3) is 5.91 Å². The number of benzene rings is 4. The molecule has 8 aromatic rings. The van der Waals surface area contributed by atoms with Crippen LogP contribution in [-0.4, -0.2) is 87.2 Å². The summed E-state index contributed by atoms with van der Waals surface area (Å²) in [5.41, 5.74) is 14.4. The molecular weight excluding hydrogens is 909 g/mol. The predicted octanol–water partition coefficient (Wildman–Crippen LogP) is 6.45. The van der Waals surface area contributed by atoms with Gasteiger partial charge in [-0.25, -0.2) is 44.7 Å². The van der Waals surface area contributed by atoms with Crippen molar-refractivity contribution in [2.75, 3.05) is 45.2 Å². The Hall–Kier alpha value is -9.58. The minimum atomic E-state index is -0.383. The van der Waals surface area contributed by atoms with Crippen LogP contribution < -0.4 is 30.3 Å². The molecule has 2 aliphatic rings. The Morgan fingerprint density at radius 1 is 0.514 bits per heavy atom. The second-order valence-electron chi connectivity index (χ2n) is 15.7. The average Bonchev–Trinajstić information content (AvgIpc) is 4.09. The number of rotatable bonds is 8. The summed E-state index contributed by atoms with van der Waals surface area (Å²) < 4.78 is 15.4. The zero-order chi connectivity index (χ0) is 50.4. The molecule has 72 heavy (non-hydrogen) atoms. The lowest BCUT2D eigenvalue weighted by atomic mass is 10.1. The van der Waals surface area contributed by atoms with Gasteiger partial charge in [-0.05, 0) is 138 Å². The summed E-state index contributed by atoms with van der Waals surface area (Å²) in [6, 6.07) is 33.2. The van der Waals surface area contributed by atoms with Crippen LogP contribution in [0, 0.1) is 23.7 Å². The molecule has 1 amide bonds. The van der Waals surface area contributed by atoms with Gasteiger partial charge >= 0.3 is 5.97 Å². The lowest BCUT2D eigenvalue weighted by Gasteiger charge is -2.15. The van der Waals surface area contributed by atoms with E-state index in [2.05, 4.69) is 92.6 Å². The molecule has 17 nitrogen and oxygen atoms in total. The highest BCUT2D eigenvalue weighted by Gasteiger charge is 2.24. The number of amides is 1. The largest absolute Gasteiger partial charge is 0.497 e. The molecule has 6 heterocycles. The molecule has 4 aromatic carbocycles. The van der Waals surface area contributed by atoms with Crippen molar-refractivity contribution in [2.45, 2.75) is 26.2 Å². The Bertz CT molecular complexity index is 3140. The zero-order valence-electron chi connectivity index (χ0n) is 40.1. The first-order valence-corrected chi connectivity index (χ1v) is 22.5. The molecule has 0 aliphatic carbocycles. The van der Waals surface area contributed by atoms with Gasteiger partial charge in [0.2, 0.25) is 11.9 Å². The van der Waals surface area contributed by atoms with E-state index >= 15 is 0 Å². The number of nitrogens with two attached hydrogens (primary N) is 1. The molecule has 0 spiro atoms. The van der Waals surface area contributed by atoms with Crippen LogP contribution in [0.1, 0.15) is 65.5 Å². The number of anilines is 2. The van der Waals surface area contributed by atoms with E-state index in [9.17, 15) is 9.59 Å². The van der Waals surface area contributed by atoms with Gasteiger partial charge in [-0.3, -0.25) is 4.79 Å². The number of fused-ring (bicyclic) bond motifs is 2. The number of hydrogen-bond acceptors (Lipinski definition) is 16. The van der Waals surface area contributed by atoms with E-state index in [1.165, 1.54) is 36.4 Å². The zero-order valence-corrected chi connectivity index (χ0v) is 40.1. The fourth-order valence-electron chi connectivity index (χ4n) is 7.56. The predicted molar refractivity (Wildman–Crippen MR) is 272 cm³/mol. The normalized spacial score (nSPS) is 11.6. The monoisotopic (exact) mass is 956 g/mol. The van der Waals surface area contributed by atoms with E-state index in [-0.39, 0.29) is 11.9 Å². The molecule has 0 unspecified atom stereocenters. The first-order valence-electron chi connectivity index (χ1n) is 22.5. The number of carbonyl (C=O) groups excluding carboxylic acids is 2. The van der Waals surface area contributed by atoms with Gasteiger partial charge < -0.3 is 35.1 Å². The number of carbonyl (C=O) groups is 2. The Balaban J connectivity index is 0.000000186. The molecule has 0 saturated carbocycles. The van der Waals surface area contributed by atoms with Crippen molar-refractivity contribution in [2.24, 2.45) is 5.73 Å². The quantitative estimate of drug-likeness (QED) is 0.124. The van der Waals surface area contributed by atoms with Crippen LogP contribution in [0.3, 0.4) is 0 Å². The van der Waals surface area contributed by atoms with Gasteiger partial charge in [0, 0.05) is 74.7 Å². The summed E-state index contributed by atoms with van der Waals surface area (Å²) in [5, 5.41) is 2.60. The van der Waals surface area contributed by atoms with Crippen molar-refractivity contribution in [3.8, 4) is 58.2 Å². The van der Waals surface area contributed by atoms with Crippen LogP contribution in [0.2, 0.25) is 0 Å². The summed E-state index contributed by atoms with van der Waals surface area (Å²) in [7, 11) is 7.79. The maximum absolute atomic E-state index is 11.7. The van der Waals surface area contributed by atoms with Crippen molar-refractivity contribution in [1.82, 2.24) is 45.2 Å². The molecule has 0 bridgehead atoms. The van der Waals surface area contributed by atoms with Gasteiger partial charge in [0.05, 0.1) is 26.9 Å². The Morgan fingerprint density at radius 2 is 0.944 bits per heavy atom. The summed E-state index contributed by atoms with van der Waals surface area (Å²) in [4.78, 5) is 63.7. The van der Waals surface area contributed by atoms with Gasteiger partial charge in [-0.2, -0.15) is 0 Å². The first-order chi connectivity index (χ1) is 35.2. The smallest absolute Gasteiger partial charge is 0.337 e. The number of aromatic nitrogens is 8. The average molecular weight is 957 g/mol. The third kappa shape index (κ3) is 11.8. The highest BCUT2D eigenvalue weighted by molar-refractivity contribution is 5.94. The highest BCUT2D eigenvalue weighted by Crippen LogP contribution is 2.31. The molecule has 4 aromatic heterocycles. The molecular formula is C55H48N12O5. The molecule has 358 valence electrons. The van der Waals surface area contributed by atoms with Crippen LogP contribution >= 0.6 is 0 Å². The van der Waals surface area contributed by atoms with Gasteiger partial charge in [0.15, 0.2) is 11.6 Å². The number of ether oxygens (including phenoxy) is 3. The standard InChI is InChI=1S/C27H22N6O2.C27H21N5O3.CH5N/c1-28-26(34)19-6-3-18(4-7-19)5-9-22-11-13-29-25(31-22)24-12-14-30-27(32-24)33-16-20-8-10-23(35-2)15-21(20)17-33;1-34-23-10-8-20-16-32(17-21(20)15-23)27-29-14-12-24(31-27)25-28-13-11-22(30-25)9-5-18-3-6-19(7-4-18)26(33)35-2;1-2/h3-4,6-8,10-15H,16-17H2,1-2H3,(H,28,34);3-4,6-8,10-15H,16-17H2,1-2H3;2H2,1H3. The number of hydrogen-bond donors (Lipinski definition) is 2. The summed E-state index contributed by atoms with van der Waals surface area (Å²) in [6.07, 6.45) is 6.76. The van der Waals surface area contributed by atoms with Crippen LogP contribution in [0.25, 0.3) is 23.0 Å². The summed E-state index contributed by atoms with van der Waals surface area (Å²) in [5.74, 6) is 15.6. The molecule has 3 N–H and O–H groups in total. The molecule has 0 radical (unpaired) electrons. The van der Waals surface area contributed by atoms with E-state index < -0.39 is 0 Å². The van der Waals surface area contributed by atoms with E-state index in [1.807, 2.05) is 18.2 Å². The summed E-state index contributed by atoms with van der Waals surface area (Å²) >= 11 is 0. The lowest BCUT2D eigenvalue weighted by molar-refractivity contribution is 0.0600. The number of esters is 1. The number of nitrogens with zero attached hydrogens (tertiary/aromatic N) is 10. The van der Waals surface area contributed by atoms with E-state index in [4.69, 9.17) is 24.2 Å². The van der Waals surface area contributed by atoms with Crippen LogP contribution in [0.5, 0.6) is 11.5 Å². The molecule has 17 heteroatoms. The third-order valence-corrected chi connectivity index (χ3v) is 11.2. The molecule has 2 aliphatic heterocycles. The SMILES string of the molecule is CN.CNC(=O)c1ccc(C#Cc2ccnc(-c3ccnc(N4Cc5ccc(OC)cc5C4)n3)n2)cc1.COC(=O)c1ccc(C#Cc2ccnc(-c3ccnc(N4Cc5ccc(OC)cc5C4)n3)n2)cc1. The second kappa shape index (κ2) is 23.1. The van der Waals surface area contributed by atoms with Crippen LogP contribution in [0.15, 0.2) is 134 Å². The van der Waals surface area contributed by atoms with Gasteiger partial charge in [-0.15, -0.1) is 0 Å². The van der Waals surface area contributed by atoms with Crippen molar-refractivity contribution < 1.29 is 23.8 Å². The maximum atomic E-state index is 11.7. The number of nitrogens with one attached hydrogen (secondary N) is 1. The van der Waals surface area contributed by atoms with E-state index in [0.717, 1.165) is 35.7 Å². The summed E-state index contributed by atoms with van der Waals surface area (Å²) in [6.45, 7) is 2.87. The second-order valence-corrected chi connectivity index (χ2v) is 15.7. The lowest BCUT2D eigenvalue weighted by Crippen LogP contribution is -2.17. The maximum Gasteiger partial charge on any atom is 0.337 e. The van der Waals surface area contributed by atoms with E-state index in [0.29, 0.717) is 70.5 Å². The number of methoxy groups -OCH3 is 3. The minimum Gasteiger partial charge on any atom is -0.497 e. The minimum absolute atomic E-state index is 0.133. The molecule has 0 fully saturated rings. The van der Waals surface area contributed by atoms with E-state index in [1.54, 1.807) is 119 Å². The molecule has 0 atom stereocenters. The topological polar surface area (TPSA) is 209 Å². The Kier molecular flexibility index (Phi) is 15.7. The third-order valence-electron chi connectivity index (χ3n) is 11.2. The van der Waals surface area contributed by atoms with Crippen molar-refractivity contribution in [1.29, 1.82) is 0 Å². The van der Waals surface area contributed by atoms with Gasteiger partial charge in [0.1, 0.15) is 34.3 Å². The Morgan fingerprint density at radius 3 is 1.38 bits per heavy atom. The van der Waals surface area contributed by atoms with Crippen molar-refractivity contribution in [3.05, 3.63) is 190 Å². The van der Waals surface area contributed by atoms with Crippen LogP contribution in [0.4, 0.5) is 11.9 Å². The highest BCUT2D eigenvalue weighted by atomic mass is 16.5. The van der Waals surface area contributed by atoms with Crippen LogP contribution in [-0.2, 0) is 30.9 Å². The fraction of sp³-hybridized carbons (Fsp3) is 0.164. The van der Waals surface area contributed by atoms with Crippen molar-refractivity contribution >= 4 is 23.8 Å².